The van der Waals surface area contributed by atoms with E-state index in [1.807, 2.05) is 0 Å². The molecule has 0 aliphatic carbocycles. The Morgan fingerprint density at radius 2 is 2.04 bits per heavy atom. The lowest BCUT2D eigenvalue weighted by Gasteiger charge is -2.06. The van der Waals surface area contributed by atoms with Crippen molar-refractivity contribution in [1.82, 2.24) is 14.8 Å². The summed E-state index contributed by atoms with van der Waals surface area (Å²) in [7, 11) is -2.56. The number of carbonyl (C=O) groups is 1. The van der Waals surface area contributed by atoms with Crippen LogP contribution in [0.1, 0.15) is 16.1 Å². The highest BCUT2D eigenvalue weighted by Crippen LogP contribution is 2.32. The summed E-state index contributed by atoms with van der Waals surface area (Å²) in [5.74, 6) is -1.25. The second-order valence-corrected chi connectivity index (χ2v) is 7.40. The van der Waals surface area contributed by atoms with E-state index in [1.165, 1.54) is 25.4 Å². The number of aromatic amines is 1. The highest BCUT2D eigenvalue weighted by atomic mass is 35.5. The molecule has 0 spiro atoms. The van der Waals surface area contributed by atoms with Gasteiger partial charge in [0.25, 0.3) is 0 Å². The van der Waals surface area contributed by atoms with Crippen LogP contribution >= 0.6 is 11.6 Å². The van der Waals surface area contributed by atoms with Gasteiger partial charge in [-0.25, -0.2) is 13.2 Å². The first-order chi connectivity index (χ1) is 10.7. The summed E-state index contributed by atoms with van der Waals surface area (Å²) in [5, 5.41) is 16.3. The zero-order valence-electron chi connectivity index (χ0n) is 12.2. The number of nitrogens with one attached hydrogen (secondary N) is 1. The van der Waals surface area contributed by atoms with Crippen LogP contribution < -0.4 is 0 Å². The maximum Gasteiger partial charge on any atom is 0.352 e. The number of nitrogens with zero attached hydrogens (tertiary/aromatic N) is 2. The molecule has 0 bridgehead atoms. The van der Waals surface area contributed by atoms with Crippen LogP contribution in [0.4, 0.5) is 0 Å². The predicted octanol–water partition coefficient (Wildman–Crippen LogP) is 2.39. The molecule has 7 nitrogen and oxygen atoms in total. The van der Waals surface area contributed by atoms with Crippen LogP contribution in [0, 0.1) is 6.92 Å². The molecule has 2 N–H and O–H groups in total. The summed E-state index contributed by atoms with van der Waals surface area (Å²) < 4.78 is 26.8. The number of aromatic nitrogens is 3. The second-order valence-electron chi connectivity index (χ2n) is 5.13. The van der Waals surface area contributed by atoms with E-state index in [0.29, 0.717) is 10.9 Å². The van der Waals surface area contributed by atoms with Crippen molar-refractivity contribution in [2.75, 3.05) is 0 Å². The van der Waals surface area contributed by atoms with Crippen LogP contribution in [0.15, 0.2) is 34.2 Å². The molecule has 2 aromatic heterocycles. The van der Waals surface area contributed by atoms with Crippen molar-refractivity contribution in [3.8, 4) is 0 Å². The van der Waals surface area contributed by atoms with Gasteiger partial charge in [0.05, 0.1) is 16.6 Å². The number of aryl methyl sites for hydroxylation is 1. The fraction of sp³-hybridized carbons (Fsp3) is 0.143. The summed E-state index contributed by atoms with van der Waals surface area (Å²) >= 11 is 6.03. The lowest BCUT2D eigenvalue weighted by Crippen LogP contribution is -2.03. The van der Waals surface area contributed by atoms with Crippen molar-refractivity contribution in [2.45, 2.75) is 16.7 Å². The monoisotopic (exact) mass is 353 g/mol. The van der Waals surface area contributed by atoms with Gasteiger partial charge in [-0.05, 0) is 30.7 Å². The minimum atomic E-state index is -3.95. The molecular weight excluding hydrogens is 342 g/mol. The number of sulfone groups is 1. The third kappa shape index (κ3) is 2.30. The molecule has 3 rings (SSSR count). The van der Waals surface area contributed by atoms with Crippen LogP contribution in [0.5, 0.6) is 0 Å². The molecule has 0 aliphatic heterocycles. The van der Waals surface area contributed by atoms with E-state index >= 15 is 0 Å². The first kappa shape index (κ1) is 15.6. The second kappa shape index (κ2) is 5.10. The molecule has 1 aromatic carbocycles. The number of hydrogen-bond donors (Lipinski definition) is 2. The Hall–Kier alpha value is -2.32. The molecular formula is C14H12ClN3O4S. The van der Waals surface area contributed by atoms with E-state index in [1.54, 1.807) is 6.92 Å². The fourth-order valence-electron chi connectivity index (χ4n) is 2.43. The molecule has 0 saturated carbocycles. The average Bonchev–Trinajstić information content (AvgIpc) is 3.05. The zero-order chi connectivity index (χ0) is 16.9. The Morgan fingerprint density at radius 3 is 2.65 bits per heavy atom. The molecule has 0 fully saturated rings. The lowest BCUT2D eigenvalue weighted by molar-refractivity contribution is 0.0686. The van der Waals surface area contributed by atoms with Crippen molar-refractivity contribution < 1.29 is 18.3 Å². The average molecular weight is 354 g/mol. The van der Waals surface area contributed by atoms with Crippen molar-refractivity contribution in [2.24, 2.45) is 7.05 Å². The molecule has 2 heterocycles. The molecule has 120 valence electrons. The van der Waals surface area contributed by atoms with Gasteiger partial charge in [0, 0.05) is 12.4 Å². The van der Waals surface area contributed by atoms with Gasteiger partial charge in [0.15, 0.2) is 0 Å². The highest BCUT2D eigenvalue weighted by molar-refractivity contribution is 7.91. The van der Waals surface area contributed by atoms with Gasteiger partial charge in [-0.1, -0.05) is 11.6 Å². The first-order valence-corrected chi connectivity index (χ1v) is 8.37. The quantitative estimate of drug-likeness (QED) is 0.752. The summed E-state index contributed by atoms with van der Waals surface area (Å²) in [5.41, 5.74) is 1.26. The highest BCUT2D eigenvalue weighted by Gasteiger charge is 2.27. The molecule has 0 atom stereocenters. The van der Waals surface area contributed by atoms with Gasteiger partial charge < -0.3 is 9.67 Å². The zero-order valence-corrected chi connectivity index (χ0v) is 13.7. The van der Waals surface area contributed by atoms with Gasteiger partial charge in [-0.2, -0.15) is 5.10 Å². The number of H-pyrrole nitrogens is 1. The Morgan fingerprint density at radius 1 is 1.35 bits per heavy atom. The Balaban J connectivity index is 2.25. The van der Waals surface area contributed by atoms with Crippen LogP contribution in [0.2, 0.25) is 5.15 Å². The first-order valence-electron chi connectivity index (χ1n) is 6.51. The van der Waals surface area contributed by atoms with E-state index in [-0.39, 0.29) is 20.6 Å². The van der Waals surface area contributed by atoms with Crippen molar-refractivity contribution in [1.29, 1.82) is 0 Å². The number of fused-ring (bicyclic) bond motifs is 1. The van der Waals surface area contributed by atoms with Crippen LogP contribution in [0.25, 0.3) is 10.9 Å². The van der Waals surface area contributed by atoms with Gasteiger partial charge in [0.2, 0.25) is 9.84 Å². The topological polar surface area (TPSA) is 105 Å². The van der Waals surface area contributed by atoms with Gasteiger partial charge in [-0.3, -0.25) is 5.10 Å². The number of rotatable bonds is 3. The Kier molecular flexibility index (Phi) is 3.46. The number of carboxylic acid groups (broad SMARTS) is 1. The van der Waals surface area contributed by atoms with Crippen molar-refractivity contribution in [3.63, 3.8) is 0 Å². The fourth-order valence-corrected chi connectivity index (χ4v) is 4.37. The minimum absolute atomic E-state index is 0.0355. The Labute approximate surface area is 136 Å². The summed E-state index contributed by atoms with van der Waals surface area (Å²) in [6, 6.07) is 4.04. The predicted molar refractivity (Wildman–Crippen MR) is 83.7 cm³/mol. The third-order valence-corrected chi connectivity index (χ3v) is 5.98. The van der Waals surface area contributed by atoms with Crippen molar-refractivity contribution in [3.05, 3.63) is 40.8 Å². The molecule has 3 aromatic rings. The van der Waals surface area contributed by atoms with Gasteiger partial charge in [-0.15, -0.1) is 0 Å². The van der Waals surface area contributed by atoms with Crippen LogP contribution in [-0.4, -0.2) is 34.3 Å². The SMILES string of the molecule is Cc1cc(S(=O)(=O)c2cc(C(=O)O)n(C)c2Cl)cc2cn[nH]c12. The molecule has 0 saturated heterocycles. The standard InChI is InChI=1S/C14H12ClN3O4S/c1-7-3-9(4-8-6-16-17-12(7)8)23(21,22)11-5-10(14(19)20)18(2)13(11)15/h3-6H,1-2H3,(H,16,17)(H,19,20). The summed E-state index contributed by atoms with van der Waals surface area (Å²) in [4.78, 5) is 11.0. The number of hydrogen-bond acceptors (Lipinski definition) is 4. The third-order valence-electron chi connectivity index (χ3n) is 3.67. The molecule has 0 aliphatic rings. The maximum absolute atomic E-state index is 12.8. The van der Waals surface area contributed by atoms with E-state index in [0.717, 1.165) is 16.2 Å². The number of aromatic carboxylic acids is 1. The lowest BCUT2D eigenvalue weighted by atomic mass is 10.2. The maximum atomic E-state index is 12.8. The van der Waals surface area contributed by atoms with Crippen LogP contribution in [0.3, 0.4) is 0 Å². The minimum Gasteiger partial charge on any atom is -0.477 e. The molecule has 23 heavy (non-hydrogen) atoms. The number of carboxylic acids is 1. The van der Waals surface area contributed by atoms with Gasteiger partial charge in [0.1, 0.15) is 15.7 Å². The van der Waals surface area contributed by atoms with E-state index in [4.69, 9.17) is 16.7 Å². The molecule has 0 unspecified atom stereocenters. The molecule has 9 heteroatoms. The summed E-state index contributed by atoms with van der Waals surface area (Å²) in [6.07, 6.45) is 1.52. The smallest absolute Gasteiger partial charge is 0.352 e. The number of halogens is 1. The van der Waals surface area contributed by atoms with Crippen LogP contribution in [-0.2, 0) is 16.9 Å². The molecule has 0 radical (unpaired) electrons. The summed E-state index contributed by atoms with van der Waals surface area (Å²) in [6.45, 7) is 1.76. The Bertz CT molecular complexity index is 1050. The van der Waals surface area contributed by atoms with E-state index < -0.39 is 15.8 Å². The normalized spacial score (nSPS) is 12.0. The van der Waals surface area contributed by atoms with Gasteiger partial charge >= 0.3 is 5.97 Å². The largest absolute Gasteiger partial charge is 0.477 e. The number of benzene rings is 1. The van der Waals surface area contributed by atoms with Crippen molar-refractivity contribution >= 4 is 38.3 Å². The van der Waals surface area contributed by atoms with E-state index in [9.17, 15) is 13.2 Å². The molecule has 0 amide bonds. The van der Waals surface area contributed by atoms with E-state index in [2.05, 4.69) is 10.2 Å².